The number of likely N-dealkylation sites (N-methyl/N-ethyl adjacent to an activating group) is 1. The van der Waals surface area contributed by atoms with Crippen molar-refractivity contribution in [3.8, 4) is 0 Å². The second-order valence-electron chi connectivity index (χ2n) is 18.2. The number of carbonyl (C=O) groups is 3. The lowest BCUT2D eigenvalue weighted by molar-refractivity contribution is -0.299. The number of aliphatic hydroxyl groups is 1. The van der Waals surface area contributed by atoms with Crippen LogP contribution >= 0.6 is 0 Å². The average molecular weight is 833 g/mol. The molecular formula is C45H72N2O12. The number of hydrogen-bond acceptors (Lipinski definition) is 13. The van der Waals surface area contributed by atoms with Crippen LogP contribution in [-0.4, -0.2) is 149 Å². The van der Waals surface area contributed by atoms with Crippen molar-refractivity contribution in [3.05, 3.63) is 23.8 Å². The Morgan fingerprint density at radius 2 is 1.68 bits per heavy atom. The number of ketones is 1. The third-order valence-electron chi connectivity index (χ3n) is 14.3. The lowest BCUT2D eigenvalue weighted by atomic mass is 9.70. The molecule has 0 aromatic heterocycles. The maximum Gasteiger partial charge on any atom is 0.409 e. The van der Waals surface area contributed by atoms with Gasteiger partial charge in [0.15, 0.2) is 18.4 Å². The summed E-state index contributed by atoms with van der Waals surface area (Å²) in [4.78, 5) is 43.9. The number of nitrogens with zero attached hydrogens (tertiary/aromatic N) is 2. The average Bonchev–Trinajstić information content (AvgIpc) is 3.79. The first kappa shape index (κ1) is 46.1. The normalized spacial score (nSPS) is 41.5. The molecule has 59 heavy (non-hydrogen) atoms. The van der Waals surface area contributed by atoms with Gasteiger partial charge in [-0.1, -0.05) is 32.1 Å². The summed E-state index contributed by atoms with van der Waals surface area (Å²) in [5.74, 6) is -0.793. The number of carbonyl (C=O) groups excluding carboxylic acids is 3. The van der Waals surface area contributed by atoms with Crippen molar-refractivity contribution in [3.63, 3.8) is 0 Å². The summed E-state index contributed by atoms with van der Waals surface area (Å²) in [5, 5.41) is 10.4. The summed E-state index contributed by atoms with van der Waals surface area (Å²) in [5.41, 5.74) is 0.717. The van der Waals surface area contributed by atoms with E-state index in [1.54, 1.807) is 28.3 Å². The highest BCUT2D eigenvalue weighted by Gasteiger charge is 2.52. The van der Waals surface area contributed by atoms with E-state index >= 15 is 0 Å². The highest BCUT2D eigenvalue weighted by molar-refractivity contribution is 5.99. The predicted octanol–water partition coefficient (Wildman–Crippen LogP) is 5.15. The van der Waals surface area contributed by atoms with Gasteiger partial charge < -0.3 is 47.9 Å². The molecular weight excluding hydrogens is 760 g/mol. The highest BCUT2D eigenvalue weighted by Crippen LogP contribution is 2.54. The maximum absolute atomic E-state index is 14.8. The van der Waals surface area contributed by atoms with Crippen LogP contribution in [0.2, 0.25) is 0 Å². The molecule has 3 aliphatic heterocycles. The van der Waals surface area contributed by atoms with E-state index in [4.69, 9.17) is 37.9 Å². The fourth-order valence-electron chi connectivity index (χ4n) is 11.0. The topological polar surface area (TPSA) is 152 Å². The number of rotatable bonds is 12. The first-order valence-corrected chi connectivity index (χ1v) is 22.2. The van der Waals surface area contributed by atoms with Gasteiger partial charge in [-0.25, -0.2) is 4.79 Å². The van der Waals surface area contributed by atoms with E-state index in [1.807, 2.05) is 34.7 Å². The third kappa shape index (κ3) is 10.4. The number of amides is 1. The Kier molecular flexibility index (Phi) is 16.1. The molecule has 1 saturated carbocycles. The van der Waals surface area contributed by atoms with Gasteiger partial charge in [0.1, 0.15) is 18.8 Å². The summed E-state index contributed by atoms with van der Waals surface area (Å²) in [6.07, 6.45) is 9.56. The summed E-state index contributed by atoms with van der Waals surface area (Å²) < 4.78 is 49.1. The molecule has 1 N–H and O–H groups in total. The van der Waals surface area contributed by atoms with E-state index < -0.39 is 24.4 Å². The van der Waals surface area contributed by atoms with Crippen molar-refractivity contribution in [2.24, 2.45) is 41.4 Å². The van der Waals surface area contributed by atoms with E-state index in [1.165, 1.54) is 4.90 Å². The van der Waals surface area contributed by atoms with Gasteiger partial charge in [0.2, 0.25) is 0 Å². The Balaban J connectivity index is 1.15. The largest absolute Gasteiger partial charge is 0.462 e. The van der Waals surface area contributed by atoms with E-state index in [2.05, 4.69) is 23.1 Å². The van der Waals surface area contributed by atoms with Gasteiger partial charge in [0, 0.05) is 52.7 Å². The van der Waals surface area contributed by atoms with E-state index in [9.17, 15) is 19.5 Å². The van der Waals surface area contributed by atoms with Gasteiger partial charge in [0.25, 0.3) is 0 Å². The number of aliphatic hydroxyl groups excluding tert-OH is 1. The van der Waals surface area contributed by atoms with E-state index in [0.717, 1.165) is 32.1 Å². The summed E-state index contributed by atoms with van der Waals surface area (Å²) >= 11 is 0. The molecule has 1 amide bonds. The van der Waals surface area contributed by atoms with Crippen LogP contribution < -0.4 is 0 Å². The molecule has 0 spiro atoms. The summed E-state index contributed by atoms with van der Waals surface area (Å²) in [6.45, 7) is 8.74. The molecule has 0 radical (unpaired) electrons. The van der Waals surface area contributed by atoms with Gasteiger partial charge in [0.05, 0.1) is 49.5 Å². The monoisotopic (exact) mass is 833 g/mol. The molecule has 0 aromatic carbocycles. The van der Waals surface area contributed by atoms with Crippen LogP contribution in [0.4, 0.5) is 4.79 Å². The Hall–Kier alpha value is -2.43. The molecule has 9 unspecified atom stereocenters. The molecule has 0 aromatic rings. The summed E-state index contributed by atoms with van der Waals surface area (Å²) in [7, 11) is 8.60. The molecule has 14 nitrogen and oxygen atoms in total. The molecule has 4 fully saturated rings. The van der Waals surface area contributed by atoms with Crippen LogP contribution in [-0.2, 0) is 47.5 Å². The second kappa shape index (κ2) is 20.6. The zero-order chi connectivity index (χ0) is 42.5. The Labute approximate surface area is 351 Å². The Bertz CT molecular complexity index is 1490. The van der Waals surface area contributed by atoms with Crippen LogP contribution in [0.1, 0.15) is 85.5 Å². The lowest BCUT2D eigenvalue weighted by Crippen LogP contribution is -2.57. The van der Waals surface area contributed by atoms with Crippen molar-refractivity contribution in [1.82, 2.24) is 9.80 Å². The minimum Gasteiger partial charge on any atom is -0.462 e. The highest BCUT2D eigenvalue weighted by atomic mass is 16.7. The standard InChI is InChI=1S/C45H72N2O12/c1-10-29-12-11-13-38(59-40-17-16-37(26(3)55-40)47(7)18-19-54-45(51)46(5)6)25(2)41(50)35-22-33-31(34(35)23-39(49)57-29)15-14-28-20-30(21-32(28)33)58-44-36(24-48)43(53-9)42(52-8)27(4)56-44/h14-15,22,25-34,36-38,40,42-44,48H,10-13,16-21,23-24H2,1-9H3/t25-,26?,27?,28-,29+,30-,31-,32-,33-,34?,36?,37?,38+,40?,42?,43?,44?/m1/s1. The lowest BCUT2D eigenvalue weighted by Gasteiger charge is -2.44. The number of Topliss-reactive ketones (excluding diaryl/α,β-unsaturated/α-hetero) is 1. The van der Waals surface area contributed by atoms with Crippen molar-refractivity contribution in [1.29, 1.82) is 0 Å². The fraction of sp³-hybridized carbons (Fsp3) is 0.844. The van der Waals surface area contributed by atoms with E-state index in [-0.39, 0.29) is 109 Å². The Morgan fingerprint density at radius 3 is 2.36 bits per heavy atom. The fourth-order valence-corrected chi connectivity index (χ4v) is 11.0. The van der Waals surface area contributed by atoms with Crippen molar-refractivity contribution >= 4 is 17.8 Å². The minimum absolute atomic E-state index is 0.00425. The van der Waals surface area contributed by atoms with Gasteiger partial charge in [-0.2, -0.15) is 0 Å². The molecule has 0 bridgehead atoms. The Morgan fingerprint density at radius 1 is 0.915 bits per heavy atom. The minimum atomic E-state index is -0.642. The van der Waals surface area contributed by atoms with Gasteiger partial charge in [-0.15, -0.1) is 0 Å². The third-order valence-corrected chi connectivity index (χ3v) is 14.3. The van der Waals surface area contributed by atoms with Gasteiger partial charge in [-0.3, -0.25) is 14.5 Å². The van der Waals surface area contributed by atoms with Crippen LogP contribution in [0.25, 0.3) is 0 Å². The molecule has 3 aliphatic carbocycles. The number of hydrogen-bond donors (Lipinski definition) is 1. The first-order valence-electron chi connectivity index (χ1n) is 22.2. The van der Waals surface area contributed by atoms with Crippen LogP contribution in [0.3, 0.4) is 0 Å². The molecule has 3 saturated heterocycles. The molecule has 17 atom stereocenters. The molecule has 14 heteroatoms. The van der Waals surface area contributed by atoms with Crippen molar-refractivity contribution in [2.45, 2.75) is 147 Å². The number of esters is 1. The van der Waals surface area contributed by atoms with Gasteiger partial charge in [-0.05, 0) is 102 Å². The predicted molar refractivity (Wildman–Crippen MR) is 218 cm³/mol. The number of ether oxygens (including phenoxy) is 8. The summed E-state index contributed by atoms with van der Waals surface area (Å²) in [6, 6.07) is 0.133. The zero-order valence-corrected chi connectivity index (χ0v) is 36.9. The van der Waals surface area contributed by atoms with E-state index in [0.29, 0.717) is 38.0 Å². The van der Waals surface area contributed by atoms with Gasteiger partial charge >= 0.3 is 12.1 Å². The SMILES string of the molecule is CC[C@H]1CCC[C@H](OC2CCC(N(C)CCOC(=O)N(C)C)C(C)O2)[C@@H](C)C(=O)C2=C[C@H]3[C@@H]4C[C@H](OC5OC(C)C(OC)C(OC)C5CO)C[C@H]4C=C[C@H]3C2CC(=O)O1. The zero-order valence-electron chi connectivity index (χ0n) is 36.9. The van der Waals surface area contributed by atoms with Crippen LogP contribution in [0.5, 0.6) is 0 Å². The molecule has 6 aliphatic rings. The maximum atomic E-state index is 14.8. The number of allylic oxidation sites excluding steroid dienone is 4. The molecule has 334 valence electrons. The molecule has 3 heterocycles. The second-order valence-corrected chi connectivity index (χ2v) is 18.2. The van der Waals surface area contributed by atoms with Crippen LogP contribution in [0, 0.1) is 41.4 Å². The molecule has 6 rings (SSSR count). The number of fused-ring (bicyclic) bond motifs is 5. The smallest absolute Gasteiger partial charge is 0.409 e. The quantitative estimate of drug-likeness (QED) is 0.204. The first-order chi connectivity index (χ1) is 28.3. The van der Waals surface area contributed by atoms with Crippen molar-refractivity contribution in [2.75, 3.05) is 55.1 Å². The number of cyclic esters (lactones) is 1. The van der Waals surface area contributed by atoms with Crippen LogP contribution in [0.15, 0.2) is 23.8 Å². The number of methoxy groups -OCH3 is 2. The van der Waals surface area contributed by atoms with Crippen molar-refractivity contribution < 1.29 is 57.4 Å².